The van der Waals surface area contributed by atoms with Crippen LogP contribution in [0.1, 0.15) is 16.8 Å². The van der Waals surface area contributed by atoms with Gasteiger partial charge in [0, 0.05) is 33.4 Å². The molecular formula is C22H26IN7. The van der Waals surface area contributed by atoms with Crippen LogP contribution >= 0.6 is 24.0 Å². The number of aliphatic imine (C=N–C) groups is 1. The molecule has 0 amide bonds. The first-order valence-electron chi connectivity index (χ1n) is 9.62. The van der Waals surface area contributed by atoms with Gasteiger partial charge in [-0.05, 0) is 29.3 Å². The van der Waals surface area contributed by atoms with E-state index in [9.17, 15) is 0 Å². The summed E-state index contributed by atoms with van der Waals surface area (Å²) in [6, 6.07) is 18.8. The molecule has 0 radical (unpaired) electrons. The van der Waals surface area contributed by atoms with E-state index in [-0.39, 0.29) is 24.0 Å². The average molecular weight is 515 g/mol. The zero-order chi connectivity index (χ0) is 20.1. The highest BCUT2D eigenvalue weighted by Gasteiger charge is 2.04. The highest BCUT2D eigenvalue weighted by atomic mass is 127. The lowest BCUT2D eigenvalue weighted by Gasteiger charge is -2.12. The second-order valence-electron chi connectivity index (χ2n) is 6.90. The van der Waals surface area contributed by atoms with Crippen LogP contribution in [0.3, 0.4) is 0 Å². The third-order valence-electron chi connectivity index (χ3n) is 4.95. The van der Waals surface area contributed by atoms with Gasteiger partial charge in [0.2, 0.25) is 0 Å². The van der Waals surface area contributed by atoms with Crippen LogP contribution in [-0.2, 0) is 26.7 Å². The minimum Gasteiger partial charge on any atom is -0.352 e. The number of fused-ring (bicyclic) bond motifs is 1. The van der Waals surface area contributed by atoms with Gasteiger partial charge in [-0.1, -0.05) is 36.4 Å². The maximum atomic E-state index is 4.46. The van der Waals surface area contributed by atoms with Crippen LogP contribution in [0, 0.1) is 0 Å². The summed E-state index contributed by atoms with van der Waals surface area (Å²) in [6.07, 6.45) is 3.69. The molecule has 2 N–H and O–H groups in total. The molecule has 30 heavy (non-hydrogen) atoms. The molecule has 156 valence electrons. The Labute approximate surface area is 193 Å². The van der Waals surface area contributed by atoms with E-state index in [4.69, 9.17) is 0 Å². The van der Waals surface area contributed by atoms with E-state index in [0.717, 1.165) is 29.2 Å². The van der Waals surface area contributed by atoms with Crippen molar-refractivity contribution in [1.29, 1.82) is 0 Å². The molecule has 4 aromatic rings. The van der Waals surface area contributed by atoms with Crippen LogP contribution in [0.5, 0.6) is 0 Å². The lowest BCUT2D eigenvalue weighted by atomic mass is 10.1. The van der Waals surface area contributed by atoms with E-state index in [1.807, 2.05) is 42.3 Å². The van der Waals surface area contributed by atoms with Gasteiger partial charge in [0.05, 0.1) is 29.6 Å². The van der Waals surface area contributed by atoms with E-state index in [1.54, 1.807) is 13.2 Å². The van der Waals surface area contributed by atoms with Gasteiger partial charge in [0.15, 0.2) is 5.96 Å². The van der Waals surface area contributed by atoms with Gasteiger partial charge in [-0.3, -0.25) is 9.67 Å². The molecule has 0 bridgehead atoms. The molecule has 0 aliphatic heterocycles. The van der Waals surface area contributed by atoms with Gasteiger partial charge in [-0.2, -0.15) is 5.10 Å². The predicted octanol–water partition coefficient (Wildman–Crippen LogP) is 3.30. The molecule has 0 aliphatic carbocycles. The minimum absolute atomic E-state index is 0. The van der Waals surface area contributed by atoms with Crippen molar-refractivity contribution in [2.24, 2.45) is 12.0 Å². The van der Waals surface area contributed by atoms with Crippen molar-refractivity contribution in [3.05, 3.63) is 83.9 Å². The Balaban J connectivity index is 0.00000256. The molecule has 4 rings (SSSR count). The first-order chi connectivity index (χ1) is 14.2. The summed E-state index contributed by atoms with van der Waals surface area (Å²) in [4.78, 5) is 8.74. The van der Waals surface area contributed by atoms with Gasteiger partial charge in [0.25, 0.3) is 0 Å². The fraction of sp³-hybridized carbons (Fsp3) is 0.227. The number of rotatable bonds is 6. The lowest BCUT2D eigenvalue weighted by Crippen LogP contribution is -2.36. The van der Waals surface area contributed by atoms with E-state index in [1.165, 1.54) is 11.1 Å². The second kappa shape index (κ2) is 10.2. The Morgan fingerprint density at radius 2 is 1.70 bits per heavy atom. The maximum Gasteiger partial charge on any atom is 0.191 e. The number of para-hydroxylation sites is 2. The van der Waals surface area contributed by atoms with Crippen molar-refractivity contribution in [1.82, 2.24) is 30.0 Å². The summed E-state index contributed by atoms with van der Waals surface area (Å²) in [5.74, 6) is 0.764. The van der Waals surface area contributed by atoms with E-state index in [2.05, 4.69) is 60.6 Å². The molecule has 2 aromatic carbocycles. The summed E-state index contributed by atoms with van der Waals surface area (Å²) >= 11 is 0. The monoisotopic (exact) mass is 515 g/mol. The van der Waals surface area contributed by atoms with Gasteiger partial charge in [-0.15, -0.1) is 24.0 Å². The number of hydrogen-bond donors (Lipinski definition) is 2. The highest BCUT2D eigenvalue weighted by Crippen LogP contribution is 2.14. The van der Waals surface area contributed by atoms with Crippen LogP contribution in [0.2, 0.25) is 0 Å². The van der Waals surface area contributed by atoms with Crippen molar-refractivity contribution in [2.45, 2.75) is 19.6 Å². The normalized spacial score (nSPS) is 11.3. The van der Waals surface area contributed by atoms with Crippen LogP contribution in [0.15, 0.2) is 72.1 Å². The lowest BCUT2D eigenvalue weighted by molar-refractivity contribution is 0.684. The van der Waals surface area contributed by atoms with Gasteiger partial charge in [0.1, 0.15) is 0 Å². The number of aromatic nitrogens is 4. The summed E-state index contributed by atoms with van der Waals surface area (Å²) in [5.41, 5.74) is 5.73. The molecule has 7 nitrogen and oxygen atoms in total. The summed E-state index contributed by atoms with van der Waals surface area (Å²) < 4.78 is 4.02. The Morgan fingerprint density at radius 1 is 0.967 bits per heavy atom. The number of guanidine groups is 1. The fourth-order valence-corrected chi connectivity index (χ4v) is 3.25. The van der Waals surface area contributed by atoms with E-state index < -0.39 is 0 Å². The number of hydrogen-bond acceptors (Lipinski definition) is 3. The first kappa shape index (κ1) is 21.8. The Bertz CT molecular complexity index is 1110. The molecule has 2 aromatic heterocycles. The van der Waals surface area contributed by atoms with Crippen LogP contribution in [0.4, 0.5) is 0 Å². The number of aryl methyl sites for hydroxylation is 1. The zero-order valence-electron chi connectivity index (χ0n) is 17.1. The molecule has 0 aliphatic rings. The quantitative estimate of drug-likeness (QED) is 0.235. The SMILES string of the molecule is CN=C(NCc1ccc(Cn2cnc3ccccc32)cc1)NCc1ccnn1C.I. The van der Waals surface area contributed by atoms with Crippen LogP contribution in [0.25, 0.3) is 11.0 Å². The molecule has 0 saturated heterocycles. The molecule has 0 spiro atoms. The molecule has 8 heteroatoms. The molecule has 0 fully saturated rings. The maximum absolute atomic E-state index is 4.46. The van der Waals surface area contributed by atoms with Crippen molar-refractivity contribution < 1.29 is 0 Å². The number of benzene rings is 2. The van der Waals surface area contributed by atoms with E-state index in [0.29, 0.717) is 13.1 Å². The number of imidazole rings is 1. The predicted molar refractivity (Wildman–Crippen MR) is 131 cm³/mol. The summed E-state index contributed by atoms with van der Waals surface area (Å²) in [6.45, 7) is 2.19. The van der Waals surface area contributed by atoms with Crippen molar-refractivity contribution in [2.75, 3.05) is 7.05 Å². The standard InChI is InChI=1S/C22H25N7.HI/c1-23-22(25-14-19-11-12-27-28(19)2)24-13-17-7-9-18(10-8-17)15-29-16-26-20-5-3-4-6-21(20)29;/h3-12,16H,13-15H2,1-2H3,(H2,23,24,25);1H. The molecule has 0 saturated carbocycles. The number of halogens is 1. The molecule has 0 atom stereocenters. The fourth-order valence-electron chi connectivity index (χ4n) is 3.25. The Morgan fingerprint density at radius 3 is 2.43 bits per heavy atom. The van der Waals surface area contributed by atoms with Gasteiger partial charge >= 0.3 is 0 Å². The van der Waals surface area contributed by atoms with E-state index >= 15 is 0 Å². The van der Waals surface area contributed by atoms with Crippen LogP contribution < -0.4 is 10.6 Å². The van der Waals surface area contributed by atoms with Gasteiger partial charge in [-0.25, -0.2) is 4.98 Å². The zero-order valence-corrected chi connectivity index (χ0v) is 19.4. The summed E-state index contributed by atoms with van der Waals surface area (Å²) in [5, 5.41) is 10.8. The topological polar surface area (TPSA) is 72.1 Å². The highest BCUT2D eigenvalue weighted by molar-refractivity contribution is 14.0. The average Bonchev–Trinajstić information content (AvgIpc) is 3.35. The third-order valence-corrected chi connectivity index (χ3v) is 4.95. The summed E-state index contributed by atoms with van der Waals surface area (Å²) in [7, 11) is 3.71. The number of nitrogens with zero attached hydrogens (tertiary/aromatic N) is 5. The number of nitrogens with one attached hydrogen (secondary N) is 2. The minimum atomic E-state index is 0. The molecule has 0 unspecified atom stereocenters. The first-order valence-corrected chi connectivity index (χ1v) is 9.62. The van der Waals surface area contributed by atoms with Crippen LogP contribution in [-0.4, -0.2) is 32.3 Å². The Kier molecular flexibility index (Phi) is 7.45. The second-order valence-corrected chi connectivity index (χ2v) is 6.90. The van der Waals surface area contributed by atoms with Crippen molar-refractivity contribution in [3.63, 3.8) is 0 Å². The van der Waals surface area contributed by atoms with Gasteiger partial charge < -0.3 is 15.2 Å². The molecular weight excluding hydrogens is 489 g/mol. The smallest absolute Gasteiger partial charge is 0.191 e. The Hall–Kier alpha value is -2.88. The van der Waals surface area contributed by atoms with Crippen molar-refractivity contribution >= 4 is 41.0 Å². The van der Waals surface area contributed by atoms with Crippen molar-refractivity contribution in [3.8, 4) is 0 Å². The molecule has 2 heterocycles. The largest absolute Gasteiger partial charge is 0.352 e. The third kappa shape index (κ3) is 5.18.